The normalized spacial score (nSPS) is 16.2. The Morgan fingerprint density at radius 1 is 1.42 bits per heavy atom. The van der Waals surface area contributed by atoms with Crippen LogP contribution in [0.3, 0.4) is 0 Å². The second kappa shape index (κ2) is 3.96. The summed E-state index contributed by atoms with van der Waals surface area (Å²) in [6.45, 7) is -0.406. The summed E-state index contributed by atoms with van der Waals surface area (Å²) in [5.41, 5.74) is 1.25. The van der Waals surface area contributed by atoms with E-state index in [9.17, 15) is 0 Å². The Morgan fingerprint density at radius 2 is 2.08 bits per heavy atom. The Balaban J connectivity index is 2.89. The van der Waals surface area contributed by atoms with Gasteiger partial charge in [-0.2, -0.15) is 0 Å². The molecule has 0 aliphatic rings. The molecule has 0 amide bonds. The van der Waals surface area contributed by atoms with Gasteiger partial charge in [0.05, 0.1) is 7.11 Å². The number of allylic oxidation sites excluding steroid dienone is 1. The van der Waals surface area contributed by atoms with Crippen LogP contribution in [0.15, 0.2) is 29.8 Å². The SMILES string of the molecule is [2H]C([2H])([2H])/C(C)=C/c1ccc(OC)cc1. The maximum atomic E-state index is 7.21. The predicted molar refractivity (Wildman–Crippen MR) is 52.3 cm³/mol. The standard InChI is InChI=1S/C11H14O/c1-9(2)8-10-4-6-11(12-3)7-5-10/h4-8H,1-3H3/i1D3/b9-8-. The summed E-state index contributed by atoms with van der Waals surface area (Å²) in [6, 6.07) is 7.26. The molecule has 0 N–H and O–H groups in total. The number of rotatable bonds is 2. The molecule has 0 unspecified atom stereocenters. The number of methoxy groups -OCH3 is 1. The van der Waals surface area contributed by atoms with Gasteiger partial charge in [0, 0.05) is 4.11 Å². The summed E-state index contributed by atoms with van der Waals surface area (Å²) in [5, 5.41) is 0. The third-order valence-electron chi connectivity index (χ3n) is 1.50. The van der Waals surface area contributed by atoms with Gasteiger partial charge in [0.2, 0.25) is 0 Å². The van der Waals surface area contributed by atoms with Crippen LogP contribution < -0.4 is 4.74 Å². The van der Waals surface area contributed by atoms with Crippen molar-refractivity contribution in [3.8, 4) is 5.75 Å². The quantitative estimate of drug-likeness (QED) is 0.654. The Bertz CT molecular complexity index is 349. The first kappa shape index (κ1) is 5.41. The van der Waals surface area contributed by atoms with Gasteiger partial charge < -0.3 is 4.74 Å². The monoisotopic (exact) mass is 165 g/mol. The van der Waals surface area contributed by atoms with E-state index in [-0.39, 0.29) is 0 Å². The van der Waals surface area contributed by atoms with Crippen molar-refractivity contribution in [2.24, 2.45) is 0 Å². The molecule has 1 heteroatoms. The van der Waals surface area contributed by atoms with Gasteiger partial charge in [-0.05, 0) is 31.5 Å². The average Bonchev–Trinajstić information content (AvgIpc) is 2.17. The molecular formula is C11H14O. The molecule has 12 heavy (non-hydrogen) atoms. The molecule has 1 nitrogen and oxygen atoms in total. The Hall–Kier alpha value is -1.24. The van der Waals surface area contributed by atoms with Crippen molar-refractivity contribution in [3.63, 3.8) is 0 Å². The van der Waals surface area contributed by atoms with E-state index < -0.39 is 6.85 Å². The van der Waals surface area contributed by atoms with Crippen LogP contribution in [0.1, 0.15) is 23.5 Å². The molecule has 0 saturated heterocycles. The molecule has 0 fully saturated rings. The predicted octanol–water partition coefficient (Wildman–Crippen LogP) is 3.12. The molecule has 0 bridgehead atoms. The van der Waals surface area contributed by atoms with Gasteiger partial charge >= 0.3 is 0 Å². The van der Waals surface area contributed by atoms with Crippen LogP contribution in [0.2, 0.25) is 0 Å². The van der Waals surface area contributed by atoms with Crippen LogP contribution in [0, 0.1) is 0 Å². The van der Waals surface area contributed by atoms with Gasteiger partial charge in [-0.15, -0.1) is 0 Å². The molecule has 1 aromatic carbocycles. The van der Waals surface area contributed by atoms with E-state index in [0.29, 0.717) is 5.57 Å². The number of benzene rings is 1. The van der Waals surface area contributed by atoms with Gasteiger partial charge in [0.25, 0.3) is 0 Å². The summed E-state index contributed by atoms with van der Waals surface area (Å²) in [5.74, 6) is 0.763. The van der Waals surface area contributed by atoms with E-state index in [4.69, 9.17) is 8.85 Å². The van der Waals surface area contributed by atoms with Gasteiger partial charge in [0.15, 0.2) is 0 Å². The molecule has 0 heterocycles. The van der Waals surface area contributed by atoms with Crippen molar-refractivity contribution in [1.29, 1.82) is 0 Å². The molecule has 64 valence electrons. The van der Waals surface area contributed by atoms with Crippen molar-refractivity contribution < 1.29 is 8.85 Å². The lowest BCUT2D eigenvalue weighted by atomic mass is 10.1. The van der Waals surface area contributed by atoms with Crippen LogP contribution in [-0.4, -0.2) is 7.11 Å². The minimum atomic E-state index is -2.01. The number of ether oxygens (including phenoxy) is 1. The maximum Gasteiger partial charge on any atom is 0.118 e. The Morgan fingerprint density at radius 3 is 2.58 bits per heavy atom. The lowest BCUT2D eigenvalue weighted by molar-refractivity contribution is 0.415. The van der Waals surface area contributed by atoms with Crippen LogP contribution in [0.5, 0.6) is 5.75 Å². The van der Waals surface area contributed by atoms with Crippen LogP contribution in [0.4, 0.5) is 0 Å². The maximum absolute atomic E-state index is 7.21. The fourth-order valence-corrected chi connectivity index (χ4v) is 0.950. The van der Waals surface area contributed by atoms with Crippen molar-refractivity contribution in [2.45, 2.75) is 13.8 Å². The second-order valence-electron chi connectivity index (χ2n) is 2.60. The lowest BCUT2D eigenvalue weighted by Gasteiger charge is -1.99. The first-order valence-corrected chi connectivity index (χ1v) is 3.76. The molecule has 0 spiro atoms. The van der Waals surface area contributed by atoms with E-state index in [0.717, 1.165) is 11.3 Å². The highest BCUT2D eigenvalue weighted by Gasteiger charge is 1.89. The summed E-state index contributed by atoms with van der Waals surface area (Å²) in [7, 11) is 1.60. The van der Waals surface area contributed by atoms with Crippen LogP contribution in [0.25, 0.3) is 6.08 Å². The van der Waals surface area contributed by atoms with E-state index in [2.05, 4.69) is 0 Å². The van der Waals surface area contributed by atoms with E-state index in [1.165, 1.54) is 0 Å². The number of hydrogen-bond acceptors (Lipinski definition) is 1. The van der Waals surface area contributed by atoms with Crippen molar-refractivity contribution in [3.05, 3.63) is 35.4 Å². The summed E-state index contributed by atoms with van der Waals surface area (Å²) in [4.78, 5) is 0. The van der Waals surface area contributed by atoms with Crippen molar-refractivity contribution in [2.75, 3.05) is 7.11 Å². The minimum absolute atomic E-state index is 0.382. The molecule has 1 aromatic rings. The topological polar surface area (TPSA) is 9.23 Å². The second-order valence-corrected chi connectivity index (χ2v) is 2.60. The highest BCUT2D eigenvalue weighted by Crippen LogP contribution is 2.13. The van der Waals surface area contributed by atoms with E-state index in [1.807, 2.05) is 12.1 Å². The fourth-order valence-electron chi connectivity index (χ4n) is 0.950. The third kappa shape index (κ3) is 2.42. The molecule has 0 aliphatic heterocycles. The molecular weight excluding hydrogens is 148 g/mol. The smallest absolute Gasteiger partial charge is 0.118 e. The first-order chi connectivity index (χ1) is 6.93. The van der Waals surface area contributed by atoms with Crippen LogP contribution in [-0.2, 0) is 0 Å². The summed E-state index contributed by atoms with van der Waals surface area (Å²) < 4.78 is 26.6. The molecule has 0 radical (unpaired) electrons. The molecule has 0 saturated carbocycles. The first-order valence-electron chi connectivity index (χ1n) is 5.26. The van der Waals surface area contributed by atoms with Gasteiger partial charge in [-0.25, -0.2) is 0 Å². The fraction of sp³-hybridized carbons (Fsp3) is 0.273. The average molecular weight is 165 g/mol. The molecule has 1 rings (SSSR count). The third-order valence-corrected chi connectivity index (χ3v) is 1.50. The largest absolute Gasteiger partial charge is 0.497 e. The highest BCUT2D eigenvalue weighted by molar-refractivity contribution is 5.52. The Labute approximate surface area is 77.9 Å². The zero-order chi connectivity index (χ0) is 11.5. The van der Waals surface area contributed by atoms with Crippen molar-refractivity contribution in [1.82, 2.24) is 0 Å². The zero-order valence-corrected chi connectivity index (χ0v) is 7.29. The van der Waals surface area contributed by atoms with E-state index >= 15 is 0 Å². The van der Waals surface area contributed by atoms with Gasteiger partial charge in [-0.3, -0.25) is 0 Å². The van der Waals surface area contributed by atoms with Crippen molar-refractivity contribution >= 4 is 6.08 Å². The molecule has 0 aromatic heterocycles. The number of hydrogen-bond donors (Lipinski definition) is 0. The van der Waals surface area contributed by atoms with E-state index in [1.54, 1.807) is 32.2 Å². The van der Waals surface area contributed by atoms with Crippen LogP contribution >= 0.6 is 0 Å². The minimum Gasteiger partial charge on any atom is -0.497 e. The van der Waals surface area contributed by atoms with Gasteiger partial charge in [-0.1, -0.05) is 23.8 Å². The highest BCUT2D eigenvalue weighted by atomic mass is 16.5. The zero-order valence-electron chi connectivity index (χ0n) is 10.3. The Kier molecular flexibility index (Phi) is 1.78. The lowest BCUT2D eigenvalue weighted by Crippen LogP contribution is -1.81. The van der Waals surface area contributed by atoms with Gasteiger partial charge in [0.1, 0.15) is 5.75 Å². The summed E-state index contributed by atoms with van der Waals surface area (Å²) >= 11 is 0. The summed E-state index contributed by atoms with van der Waals surface area (Å²) in [6.07, 6.45) is 1.66. The molecule has 0 atom stereocenters. The molecule has 0 aliphatic carbocycles.